The predicted molar refractivity (Wildman–Crippen MR) is 53.7 cm³/mol. The van der Waals surface area contributed by atoms with E-state index in [4.69, 9.17) is 16.3 Å². The van der Waals surface area contributed by atoms with E-state index in [1.165, 1.54) is 12.4 Å². The molecule has 2 rings (SSSR count). The van der Waals surface area contributed by atoms with Crippen molar-refractivity contribution in [2.24, 2.45) is 0 Å². The first-order valence-electron chi connectivity index (χ1n) is 4.57. The highest BCUT2D eigenvalue weighted by Gasteiger charge is 2.27. The Labute approximate surface area is 91.8 Å². The molecule has 2 atom stereocenters. The Kier molecular flexibility index (Phi) is 3.13. The molecule has 2 heterocycles. The first-order valence-corrected chi connectivity index (χ1v) is 5.00. The van der Waals surface area contributed by atoms with Crippen molar-refractivity contribution in [3.8, 4) is 0 Å². The largest absolute Gasteiger partial charge is 0.378 e. The van der Waals surface area contributed by atoms with Gasteiger partial charge in [0.2, 0.25) is 0 Å². The van der Waals surface area contributed by atoms with Crippen LogP contribution >= 0.6 is 11.6 Å². The summed E-state index contributed by atoms with van der Waals surface area (Å²) < 4.78 is 5.13. The highest BCUT2D eigenvalue weighted by atomic mass is 35.5. The van der Waals surface area contributed by atoms with Crippen LogP contribution in [0.5, 0.6) is 0 Å². The van der Waals surface area contributed by atoms with Crippen molar-refractivity contribution < 1.29 is 9.53 Å². The second-order valence-corrected chi connectivity index (χ2v) is 3.83. The fraction of sp³-hybridized carbons (Fsp3) is 0.444. The van der Waals surface area contributed by atoms with Crippen LogP contribution in [0.2, 0.25) is 0 Å². The number of amides is 1. The fourth-order valence-electron chi connectivity index (χ4n) is 1.34. The van der Waals surface area contributed by atoms with Crippen molar-refractivity contribution in [1.82, 2.24) is 15.5 Å². The minimum Gasteiger partial charge on any atom is -0.378 e. The van der Waals surface area contributed by atoms with Crippen molar-refractivity contribution in [2.75, 3.05) is 13.2 Å². The van der Waals surface area contributed by atoms with E-state index < -0.39 is 0 Å². The molecule has 1 aromatic rings. The summed E-state index contributed by atoms with van der Waals surface area (Å²) in [6.45, 7) is 0.930. The molecule has 0 spiro atoms. The minimum absolute atomic E-state index is 0.132. The molecule has 15 heavy (non-hydrogen) atoms. The zero-order chi connectivity index (χ0) is 10.7. The number of hydrogen-bond donors (Lipinski definition) is 1. The summed E-state index contributed by atoms with van der Waals surface area (Å²) >= 11 is 5.94. The van der Waals surface area contributed by atoms with Gasteiger partial charge in [-0.2, -0.15) is 10.2 Å². The number of hydrogen-bond acceptors (Lipinski definition) is 4. The number of carbonyl (C=O) groups excluding carboxylic acids is 1. The van der Waals surface area contributed by atoms with Crippen LogP contribution in [0, 0.1) is 0 Å². The monoisotopic (exact) mass is 227 g/mol. The molecule has 1 fully saturated rings. The number of alkyl halides is 1. The van der Waals surface area contributed by atoms with Gasteiger partial charge in [-0.3, -0.25) is 4.79 Å². The summed E-state index contributed by atoms with van der Waals surface area (Å²) in [5.41, 5.74) is 0.473. The van der Waals surface area contributed by atoms with E-state index >= 15 is 0 Å². The molecule has 2 unspecified atom stereocenters. The van der Waals surface area contributed by atoms with Gasteiger partial charge in [-0.15, -0.1) is 11.6 Å². The second-order valence-electron chi connectivity index (χ2n) is 3.26. The summed E-state index contributed by atoms with van der Waals surface area (Å²) in [5, 5.41) is 9.84. The van der Waals surface area contributed by atoms with Crippen molar-refractivity contribution in [3.63, 3.8) is 0 Å². The van der Waals surface area contributed by atoms with Gasteiger partial charge in [0.25, 0.3) is 5.91 Å². The number of ether oxygens (including phenoxy) is 1. The SMILES string of the molecule is O=C(NC1COCC1Cl)c1ccnnc1. The normalized spacial score (nSPS) is 25.1. The van der Waals surface area contributed by atoms with Crippen LogP contribution < -0.4 is 5.32 Å². The first-order chi connectivity index (χ1) is 7.27. The Bertz CT molecular complexity index is 346. The van der Waals surface area contributed by atoms with Gasteiger partial charge in [0.15, 0.2) is 0 Å². The van der Waals surface area contributed by atoms with Gasteiger partial charge in [0, 0.05) is 0 Å². The quantitative estimate of drug-likeness (QED) is 0.734. The maximum atomic E-state index is 11.7. The molecule has 1 saturated heterocycles. The number of halogens is 1. The third kappa shape index (κ3) is 2.43. The summed E-state index contributed by atoms with van der Waals surface area (Å²) in [5.74, 6) is -0.203. The van der Waals surface area contributed by atoms with Crippen LogP contribution in [0.1, 0.15) is 10.4 Å². The van der Waals surface area contributed by atoms with Crippen molar-refractivity contribution in [1.29, 1.82) is 0 Å². The summed E-state index contributed by atoms with van der Waals surface area (Å²) in [6.07, 6.45) is 2.88. The molecule has 1 aromatic heterocycles. The highest BCUT2D eigenvalue weighted by Crippen LogP contribution is 2.12. The van der Waals surface area contributed by atoms with Gasteiger partial charge in [-0.05, 0) is 6.07 Å². The highest BCUT2D eigenvalue weighted by molar-refractivity contribution is 6.21. The Morgan fingerprint density at radius 3 is 3.00 bits per heavy atom. The Morgan fingerprint density at radius 2 is 2.40 bits per heavy atom. The van der Waals surface area contributed by atoms with Gasteiger partial charge in [-0.25, -0.2) is 0 Å². The Morgan fingerprint density at radius 1 is 1.53 bits per heavy atom. The molecule has 1 N–H and O–H groups in total. The Balaban J connectivity index is 1.98. The lowest BCUT2D eigenvalue weighted by atomic mass is 10.2. The van der Waals surface area contributed by atoms with E-state index in [0.717, 1.165) is 0 Å². The molecular formula is C9H10ClN3O2. The van der Waals surface area contributed by atoms with Crippen molar-refractivity contribution >= 4 is 17.5 Å². The predicted octanol–water partition coefficient (Wildman–Crippen LogP) is 0.213. The smallest absolute Gasteiger partial charge is 0.253 e. The van der Waals surface area contributed by atoms with Crippen LogP contribution in [0.4, 0.5) is 0 Å². The minimum atomic E-state index is -0.203. The molecule has 0 aliphatic carbocycles. The molecule has 5 nitrogen and oxygen atoms in total. The number of nitrogens with zero attached hydrogens (tertiary/aromatic N) is 2. The van der Waals surface area contributed by atoms with Gasteiger partial charge in [0.05, 0.1) is 42.6 Å². The number of rotatable bonds is 2. The van der Waals surface area contributed by atoms with Gasteiger partial charge >= 0.3 is 0 Å². The fourth-order valence-corrected chi connectivity index (χ4v) is 1.56. The maximum Gasteiger partial charge on any atom is 0.253 e. The van der Waals surface area contributed by atoms with E-state index in [2.05, 4.69) is 15.5 Å². The molecule has 1 aliphatic rings. The van der Waals surface area contributed by atoms with Crippen LogP contribution in [0.3, 0.4) is 0 Å². The summed E-state index contributed by atoms with van der Waals surface area (Å²) in [4.78, 5) is 11.7. The molecule has 0 radical (unpaired) electrons. The lowest BCUT2D eigenvalue weighted by molar-refractivity contribution is 0.0929. The average Bonchev–Trinajstić information content (AvgIpc) is 2.66. The number of carbonyl (C=O) groups is 1. The third-order valence-electron chi connectivity index (χ3n) is 2.17. The standard InChI is InChI=1S/C9H10ClN3O2/c10-7-4-15-5-8(7)13-9(14)6-1-2-11-12-3-6/h1-3,7-8H,4-5H2,(H,13,14). The van der Waals surface area contributed by atoms with E-state index in [-0.39, 0.29) is 17.3 Å². The zero-order valence-electron chi connectivity index (χ0n) is 7.89. The molecule has 0 saturated carbocycles. The van der Waals surface area contributed by atoms with E-state index in [0.29, 0.717) is 18.8 Å². The molecule has 1 amide bonds. The lowest BCUT2D eigenvalue weighted by Crippen LogP contribution is -2.40. The molecule has 6 heteroatoms. The van der Waals surface area contributed by atoms with Gasteiger partial charge in [-0.1, -0.05) is 0 Å². The number of aromatic nitrogens is 2. The van der Waals surface area contributed by atoms with Gasteiger partial charge < -0.3 is 10.1 Å². The third-order valence-corrected chi connectivity index (χ3v) is 2.60. The first kappa shape index (κ1) is 10.3. The lowest BCUT2D eigenvalue weighted by Gasteiger charge is -2.13. The Hall–Kier alpha value is -1.20. The number of nitrogens with one attached hydrogen (secondary N) is 1. The molecule has 80 valence electrons. The van der Waals surface area contributed by atoms with Crippen LogP contribution in [0.25, 0.3) is 0 Å². The maximum absolute atomic E-state index is 11.7. The molecule has 0 bridgehead atoms. The van der Waals surface area contributed by atoms with E-state index in [9.17, 15) is 4.79 Å². The second kappa shape index (κ2) is 4.55. The van der Waals surface area contributed by atoms with Crippen molar-refractivity contribution in [3.05, 3.63) is 24.0 Å². The van der Waals surface area contributed by atoms with Crippen LogP contribution in [-0.2, 0) is 4.74 Å². The molecule has 1 aliphatic heterocycles. The molecule has 0 aromatic carbocycles. The topological polar surface area (TPSA) is 64.1 Å². The van der Waals surface area contributed by atoms with Crippen LogP contribution in [-0.4, -0.2) is 40.7 Å². The summed E-state index contributed by atoms with van der Waals surface area (Å²) in [6, 6.07) is 1.47. The average molecular weight is 228 g/mol. The zero-order valence-corrected chi connectivity index (χ0v) is 8.65. The summed E-state index contributed by atoms with van der Waals surface area (Å²) in [7, 11) is 0. The van der Waals surface area contributed by atoms with E-state index in [1.54, 1.807) is 6.07 Å². The van der Waals surface area contributed by atoms with Crippen LogP contribution in [0.15, 0.2) is 18.5 Å². The van der Waals surface area contributed by atoms with Crippen molar-refractivity contribution in [2.45, 2.75) is 11.4 Å². The van der Waals surface area contributed by atoms with Gasteiger partial charge in [0.1, 0.15) is 0 Å². The molecular weight excluding hydrogens is 218 g/mol. The van der Waals surface area contributed by atoms with E-state index in [1.807, 2.05) is 0 Å².